The summed E-state index contributed by atoms with van der Waals surface area (Å²) in [6.07, 6.45) is 7.00. The molecule has 3 rings (SSSR count). The number of rotatable bonds is 8. The molecule has 1 aliphatic heterocycles. The van der Waals surface area contributed by atoms with E-state index in [-0.39, 0.29) is 5.69 Å². The average molecular weight is 375 g/mol. The van der Waals surface area contributed by atoms with Crippen LogP contribution in [0.1, 0.15) is 38.5 Å². The van der Waals surface area contributed by atoms with Crippen LogP contribution < -0.4 is 4.74 Å². The van der Waals surface area contributed by atoms with Crippen LogP contribution in [0, 0.1) is 16.0 Å². The van der Waals surface area contributed by atoms with E-state index in [1.165, 1.54) is 37.8 Å². The summed E-state index contributed by atoms with van der Waals surface area (Å²) in [5.74, 6) is 1.58. The first-order valence-electron chi connectivity index (χ1n) is 9.99. The van der Waals surface area contributed by atoms with E-state index in [0.29, 0.717) is 24.7 Å². The number of nitrogens with zero attached hydrogens (tertiary/aromatic N) is 3. The SMILES string of the molecule is O=C(CCC1CCCC1)N1CCN(CCOc2cccc([N+](=O)[O-])c2)CC1. The molecule has 1 aromatic rings. The molecule has 1 amide bonds. The third-order valence-electron chi connectivity index (χ3n) is 5.67. The van der Waals surface area contributed by atoms with Gasteiger partial charge in [0.1, 0.15) is 12.4 Å². The average Bonchev–Trinajstić information content (AvgIpc) is 3.20. The highest BCUT2D eigenvalue weighted by Gasteiger charge is 2.22. The van der Waals surface area contributed by atoms with Gasteiger partial charge in [0.15, 0.2) is 0 Å². The van der Waals surface area contributed by atoms with Gasteiger partial charge in [0.25, 0.3) is 5.69 Å². The molecular formula is C20H29N3O4. The van der Waals surface area contributed by atoms with E-state index >= 15 is 0 Å². The van der Waals surface area contributed by atoms with Crippen molar-refractivity contribution in [3.63, 3.8) is 0 Å². The van der Waals surface area contributed by atoms with Gasteiger partial charge in [-0.3, -0.25) is 19.8 Å². The number of non-ortho nitro benzene ring substituents is 1. The Morgan fingerprint density at radius 1 is 1.19 bits per heavy atom. The standard InChI is InChI=1S/C20H29N3O4/c24-20(9-8-17-4-1-2-5-17)22-12-10-21(11-13-22)14-15-27-19-7-3-6-18(16-19)23(25)26/h3,6-7,16-17H,1-2,4-5,8-15H2. The zero-order chi connectivity index (χ0) is 19.1. The van der Waals surface area contributed by atoms with Gasteiger partial charge < -0.3 is 9.64 Å². The summed E-state index contributed by atoms with van der Waals surface area (Å²) in [5.41, 5.74) is 0.0391. The number of piperazine rings is 1. The minimum atomic E-state index is -0.421. The summed E-state index contributed by atoms with van der Waals surface area (Å²) in [4.78, 5) is 27.0. The number of carbonyl (C=O) groups excluding carboxylic acids is 1. The molecule has 0 radical (unpaired) electrons. The van der Waals surface area contributed by atoms with Crippen molar-refractivity contribution in [2.45, 2.75) is 38.5 Å². The van der Waals surface area contributed by atoms with Gasteiger partial charge in [-0.05, 0) is 18.4 Å². The Bertz CT molecular complexity index is 638. The van der Waals surface area contributed by atoms with Crippen LogP contribution >= 0.6 is 0 Å². The van der Waals surface area contributed by atoms with Crippen molar-refractivity contribution in [2.24, 2.45) is 5.92 Å². The lowest BCUT2D eigenvalue weighted by molar-refractivity contribution is -0.384. The maximum absolute atomic E-state index is 12.4. The van der Waals surface area contributed by atoms with Crippen LogP contribution in [-0.2, 0) is 4.79 Å². The lowest BCUT2D eigenvalue weighted by Gasteiger charge is -2.34. The number of hydrogen-bond acceptors (Lipinski definition) is 5. The van der Waals surface area contributed by atoms with E-state index in [1.54, 1.807) is 12.1 Å². The minimum absolute atomic E-state index is 0.0391. The van der Waals surface area contributed by atoms with Crippen LogP contribution in [0.2, 0.25) is 0 Å². The molecule has 1 aromatic carbocycles. The summed E-state index contributed by atoms with van der Waals surface area (Å²) in [6.45, 7) is 4.51. The van der Waals surface area contributed by atoms with E-state index in [1.807, 2.05) is 4.90 Å². The fraction of sp³-hybridized carbons (Fsp3) is 0.650. The molecule has 0 atom stereocenters. The number of amides is 1. The second-order valence-electron chi connectivity index (χ2n) is 7.51. The molecule has 7 nitrogen and oxygen atoms in total. The largest absolute Gasteiger partial charge is 0.492 e. The Kier molecular flexibility index (Phi) is 7.04. The lowest BCUT2D eigenvalue weighted by Crippen LogP contribution is -2.49. The van der Waals surface area contributed by atoms with Crippen LogP contribution in [0.25, 0.3) is 0 Å². The van der Waals surface area contributed by atoms with Crippen LogP contribution in [0.5, 0.6) is 5.75 Å². The van der Waals surface area contributed by atoms with E-state index in [0.717, 1.165) is 45.1 Å². The fourth-order valence-electron chi connectivity index (χ4n) is 3.99. The predicted molar refractivity (Wildman–Crippen MR) is 103 cm³/mol. The second kappa shape index (κ2) is 9.69. The molecule has 7 heteroatoms. The summed E-state index contributed by atoms with van der Waals surface area (Å²) >= 11 is 0. The van der Waals surface area contributed by atoms with Crippen LogP contribution in [0.4, 0.5) is 5.69 Å². The van der Waals surface area contributed by atoms with Crippen molar-refractivity contribution in [1.82, 2.24) is 9.80 Å². The first-order chi connectivity index (χ1) is 13.1. The second-order valence-corrected chi connectivity index (χ2v) is 7.51. The van der Waals surface area contributed by atoms with Gasteiger partial charge in [0, 0.05) is 45.2 Å². The van der Waals surface area contributed by atoms with Gasteiger partial charge in [-0.15, -0.1) is 0 Å². The first-order valence-corrected chi connectivity index (χ1v) is 9.99. The van der Waals surface area contributed by atoms with Crippen LogP contribution in [-0.4, -0.2) is 60.0 Å². The van der Waals surface area contributed by atoms with Crippen molar-refractivity contribution in [2.75, 3.05) is 39.3 Å². The third-order valence-corrected chi connectivity index (χ3v) is 5.67. The molecule has 1 saturated carbocycles. The highest BCUT2D eigenvalue weighted by molar-refractivity contribution is 5.76. The van der Waals surface area contributed by atoms with Crippen molar-refractivity contribution in [3.8, 4) is 5.75 Å². The lowest BCUT2D eigenvalue weighted by atomic mass is 10.0. The molecule has 0 bridgehead atoms. The Labute approximate surface area is 160 Å². The summed E-state index contributed by atoms with van der Waals surface area (Å²) in [7, 11) is 0. The van der Waals surface area contributed by atoms with Gasteiger partial charge in [-0.2, -0.15) is 0 Å². The van der Waals surface area contributed by atoms with Crippen LogP contribution in [0.3, 0.4) is 0 Å². The number of carbonyl (C=O) groups is 1. The predicted octanol–water partition coefficient (Wildman–Crippen LogP) is 3.09. The van der Waals surface area contributed by atoms with Gasteiger partial charge in [-0.25, -0.2) is 0 Å². The number of hydrogen-bond donors (Lipinski definition) is 0. The molecule has 0 N–H and O–H groups in total. The van der Waals surface area contributed by atoms with Gasteiger partial charge in [0.05, 0.1) is 11.0 Å². The van der Waals surface area contributed by atoms with Crippen molar-refractivity contribution < 1.29 is 14.5 Å². The maximum Gasteiger partial charge on any atom is 0.273 e. The zero-order valence-electron chi connectivity index (χ0n) is 15.8. The molecule has 0 spiro atoms. The first kappa shape index (κ1) is 19.6. The highest BCUT2D eigenvalue weighted by Crippen LogP contribution is 2.28. The minimum Gasteiger partial charge on any atom is -0.492 e. The molecule has 0 aromatic heterocycles. The van der Waals surface area contributed by atoms with E-state index < -0.39 is 4.92 Å². The Hall–Kier alpha value is -2.15. The van der Waals surface area contributed by atoms with Crippen LogP contribution in [0.15, 0.2) is 24.3 Å². The van der Waals surface area contributed by atoms with E-state index in [4.69, 9.17) is 4.74 Å². The fourth-order valence-corrected chi connectivity index (χ4v) is 3.99. The topological polar surface area (TPSA) is 75.9 Å². The molecule has 0 unspecified atom stereocenters. The summed E-state index contributed by atoms with van der Waals surface area (Å²) in [6, 6.07) is 6.26. The van der Waals surface area contributed by atoms with Gasteiger partial charge in [0.2, 0.25) is 5.91 Å². The van der Waals surface area contributed by atoms with Gasteiger partial charge in [-0.1, -0.05) is 31.7 Å². The molecule has 1 heterocycles. The normalized spacial score (nSPS) is 18.6. The molecule has 148 valence electrons. The van der Waals surface area contributed by atoms with Crippen molar-refractivity contribution >= 4 is 11.6 Å². The molecule has 1 saturated heterocycles. The van der Waals surface area contributed by atoms with E-state index in [9.17, 15) is 14.9 Å². The Morgan fingerprint density at radius 2 is 1.93 bits per heavy atom. The number of nitro benzene ring substituents is 1. The Balaban J connectivity index is 1.32. The molecule has 2 fully saturated rings. The number of nitro groups is 1. The van der Waals surface area contributed by atoms with Gasteiger partial charge >= 0.3 is 0 Å². The molecular weight excluding hydrogens is 346 g/mol. The third kappa shape index (κ3) is 5.92. The smallest absolute Gasteiger partial charge is 0.273 e. The number of benzene rings is 1. The molecule has 2 aliphatic rings. The summed E-state index contributed by atoms with van der Waals surface area (Å²) < 4.78 is 5.64. The Morgan fingerprint density at radius 3 is 2.63 bits per heavy atom. The number of ether oxygens (including phenoxy) is 1. The van der Waals surface area contributed by atoms with Crippen molar-refractivity contribution in [1.29, 1.82) is 0 Å². The maximum atomic E-state index is 12.4. The quantitative estimate of drug-likeness (QED) is 0.515. The highest BCUT2D eigenvalue weighted by atomic mass is 16.6. The molecule has 27 heavy (non-hydrogen) atoms. The monoisotopic (exact) mass is 375 g/mol. The van der Waals surface area contributed by atoms with Crippen molar-refractivity contribution in [3.05, 3.63) is 34.4 Å². The van der Waals surface area contributed by atoms with E-state index in [2.05, 4.69) is 4.90 Å². The zero-order valence-corrected chi connectivity index (χ0v) is 15.8. The molecule has 1 aliphatic carbocycles. The summed E-state index contributed by atoms with van der Waals surface area (Å²) in [5, 5.41) is 10.8.